The van der Waals surface area contributed by atoms with Crippen LogP contribution in [0.2, 0.25) is 0 Å². The first-order valence-corrected chi connectivity index (χ1v) is 6.60. The molecule has 4 nitrogen and oxygen atoms in total. The maximum Gasteiger partial charge on any atom is 0.312 e. The molecule has 2 aliphatic rings. The highest BCUT2D eigenvalue weighted by atomic mass is 16.6. The number of esters is 1. The van der Waals surface area contributed by atoms with Crippen molar-refractivity contribution in [3.8, 4) is 0 Å². The van der Waals surface area contributed by atoms with Crippen LogP contribution < -0.4 is 5.32 Å². The number of hydrogen-bond acceptors (Lipinski definition) is 4. The van der Waals surface area contributed by atoms with Gasteiger partial charge in [-0.1, -0.05) is 0 Å². The molecule has 98 valence electrons. The van der Waals surface area contributed by atoms with Gasteiger partial charge in [0.1, 0.15) is 6.10 Å². The van der Waals surface area contributed by atoms with Gasteiger partial charge in [0.05, 0.1) is 18.6 Å². The lowest BCUT2D eigenvalue weighted by molar-refractivity contribution is -0.163. The Morgan fingerprint density at radius 3 is 2.82 bits per heavy atom. The third-order valence-electron chi connectivity index (χ3n) is 4.01. The summed E-state index contributed by atoms with van der Waals surface area (Å²) in [6, 6.07) is 0. The molecule has 17 heavy (non-hydrogen) atoms. The summed E-state index contributed by atoms with van der Waals surface area (Å²) in [5.74, 6) is 0.313. The first kappa shape index (κ1) is 12.8. The van der Waals surface area contributed by atoms with Gasteiger partial charge >= 0.3 is 5.97 Å². The minimum Gasteiger partial charge on any atom is -0.459 e. The molecule has 0 bridgehead atoms. The van der Waals surface area contributed by atoms with E-state index in [1.807, 2.05) is 13.8 Å². The van der Waals surface area contributed by atoms with E-state index in [1.54, 1.807) is 0 Å². The third-order valence-corrected chi connectivity index (χ3v) is 4.01. The van der Waals surface area contributed by atoms with E-state index in [2.05, 4.69) is 5.32 Å². The van der Waals surface area contributed by atoms with E-state index in [9.17, 15) is 4.79 Å². The van der Waals surface area contributed by atoms with Gasteiger partial charge in [-0.3, -0.25) is 4.79 Å². The maximum absolute atomic E-state index is 12.2. The lowest BCUT2D eigenvalue weighted by Gasteiger charge is -2.35. The summed E-state index contributed by atoms with van der Waals surface area (Å²) in [7, 11) is 0. The number of rotatable bonds is 3. The molecule has 1 N–H and O–H groups in total. The maximum atomic E-state index is 12.2. The molecule has 0 radical (unpaired) electrons. The van der Waals surface area contributed by atoms with Crippen molar-refractivity contribution >= 4 is 5.97 Å². The Balaban J connectivity index is 1.90. The highest BCUT2D eigenvalue weighted by molar-refractivity contribution is 5.76. The van der Waals surface area contributed by atoms with E-state index < -0.39 is 5.41 Å². The van der Waals surface area contributed by atoms with E-state index in [4.69, 9.17) is 9.47 Å². The zero-order chi connectivity index (χ0) is 12.3. The third kappa shape index (κ3) is 2.99. The van der Waals surface area contributed by atoms with Crippen LogP contribution in [0.4, 0.5) is 0 Å². The van der Waals surface area contributed by atoms with Crippen LogP contribution in [0.15, 0.2) is 0 Å². The standard InChI is InChI=1S/C13H23NO3/c1-13(2,10-4-3-6-14-8-10)12(15)17-11-5-7-16-9-11/h10-11,14H,3-9H2,1-2H3. The van der Waals surface area contributed by atoms with E-state index in [0.29, 0.717) is 19.1 Å². The van der Waals surface area contributed by atoms with Gasteiger partial charge in [0, 0.05) is 6.42 Å². The fourth-order valence-corrected chi connectivity index (χ4v) is 2.54. The first-order chi connectivity index (χ1) is 8.10. The van der Waals surface area contributed by atoms with Crippen LogP contribution in [0.3, 0.4) is 0 Å². The summed E-state index contributed by atoms with van der Waals surface area (Å²) >= 11 is 0. The molecule has 0 aromatic heterocycles. The molecule has 2 unspecified atom stereocenters. The molecular weight excluding hydrogens is 218 g/mol. The molecule has 4 heteroatoms. The molecule has 2 saturated heterocycles. The number of piperidine rings is 1. The van der Waals surface area contributed by atoms with Gasteiger partial charge in [0.15, 0.2) is 0 Å². The monoisotopic (exact) mass is 241 g/mol. The van der Waals surface area contributed by atoms with E-state index in [1.165, 1.54) is 0 Å². The summed E-state index contributed by atoms with van der Waals surface area (Å²) in [5.41, 5.74) is -0.393. The van der Waals surface area contributed by atoms with Gasteiger partial charge in [0.2, 0.25) is 0 Å². The lowest BCUT2D eigenvalue weighted by atomic mass is 9.75. The predicted octanol–water partition coefficient (Wildman–Crippen LogP) is 1.34. The Morgan fingerprint density at radius 1 is 1.41 bits per heavy atom. The Labute approximate surface area is 103 Å². The van der Waals surface area contributed by atoms with Crippen LogP contribution >= 0.6 is 0 Å². The summed E-state index contributed by atoms with van der Waals surface area (Å²) in [6.07, 6.45) is 3.06. The van der Waals surface area contributed by atoms with Crippen molar-refractivity contribution in [2.45, 2.75) is 39.2 Å². The van der Waals surface area contributed by atoms with E-state index >= 15 is 0 Å². The average Bonchev–Trinajstić information content (AvgIpc) is 2.83. The van der Waals surface area contributed by atoms with Crippen LogP contribution in [0.25, 0.3) is 0 Å². The number of carbonyl (C=O) groups excluding carboxylic acids is 1. The van der Waals surface area contributed by atoms with Crippen molar-refractivity contribution in [3.63, 3.8) is 0 Å². The normalized spacial score (nSPS) is 30.2. The SMILES string of the molecule is CC(C)(C(=O)OC1CCOC1)C1CCCNC1. The summed E-state index contributed by atoms with van der Waals surface area (Å²) in [5, 5.41) is 3.36. The van der Waals surface area contributed by atoms with Crippen molar-refractivity contribution < 1.29 is 14.3 Å². The highest BCUT2D eigenvalue weighted by Gasteiger charge is 2.40. The van der Waals surface area contributed by atoms with E-state index in [0.717, 1.165) is 32.4 Å². The second-order valence-corrected chi connectivity index (χ2v) is 5.66. The van der Waals surface area contributed by atoms with Gasteiger partial charge in [-0.25, -0.2) is 0 Å². The molecule has 0 aliphatic carbocycles. The minimum absolute atomic E-state index is 0.0293. The Kier molecular flexibility index (Phi) is 4.05. The smallest absolute Gasteiger partial charge is 0.312 e. The van der Waals surface area contributed by atoms with Gasteiger partial charge in [-0.05, 0) is 45.7 Å². The van der Waals surface area contributed by atoms with Crippen molar-refractivity contribution in [2.24, 2.45) is 11.3 Å². The fraction of sp³-hybridized carbons (Fsp3) is 0.923. The first-order valence-electron chi connectivity index (χ1n) is 6.60. The topological polar surface area (TPSA) is 47.6 Å². The quantitative estimate of drug-likeness (QED) is 0.758. The zero-order valence-corrected chi connectivity index (χ0v) is 10.8. The summed E-state index contributed by atoms with van der Waals surface area (Å²) in [6.45, 7) is 7.26. The summed E-state index contributed by atoms with van der Waals surface area (Å²) < 4.78 is 10.8. The average molecular weight is 241 g/mol. The molecule has 2 heterocycles. The van der Waals surface area contributed by atoms with Gasteiger partial charge in [-0.2, -0.15) is 0 Å². The Bertz CT molecular complexity index is 266. The minimum atomic E-state index is -0.393. The molecule has 2 atom stereocenters. The summed E-state index contributed by atoms with van der Waals surface area (Å²) in [4.78, 5) is 12.2. The van der Waals surface area contributed by atoms with Crippen LogP contribution in [-0.2, 0) is 14.3 Å². The van der Waals surface area contributed by atoms with Crippen LogP contribution in [0.5, 0.6) is 0 Å². The van der Waals surface area contributed by atoms with Crippen molar-refractivity contribution in [1.29, 1.82) is 0 Å². The number of nitrogens with one attached hydrogen (secondary N) is 1. The van der Waals surface area contributed by atoms with Gasteiger partial charge in [-0.15, -0.1) is 0 Å². The van der Waals surface area contributed by atoms with Gasteiger partial charge in [0.25, 0.3) is 0 Å². The number of hydrogen-bond donors (Lipinski definition) is 1. The molecule has 0 spiro atoms. The number of carbonyl (C=O) groups is 1. The van der Waals surface area contributed by atoms with Crippen LogP contribution in [0.1, 0.15) is 33.1 Å². The van der Waals surface area contributed by atoms with Crippen molar-refractivity contribution in [1.82, 2.24) is 5.32 Å². The second-order valence-electron chi connectivity index (χ2n) is 5.66. The molecule has 2 fully saturated rings. The van der Waals surface area contributed by atoms with Crippen LogP contribution in [0, 0.1) is 11.3 Å². The highest BCUT2D eigenvalue weighted by Crippen LogP contribution is 2.33. The van der Waals surface area contributed by atoms with Crippen molar-refractivity contribution in [2.75, 3.05) is 26.3 Å². The van der Waals surface area contributed by atoms with Crippen LogP contribution in [-0.4, -0.2) is 38.4 Å². The molecular formula is C13H23NO3. The second kappa shape index (κ2) is 5.36. The Morgan fingerprint density at radius 2 is 2.24 bits per heavy atom. The molecule has 2 aliphatic heterocycles. The number of ether oxygens (including phenoxy) is 2. The zero-order valence-electron chi connectivity index (χ0n) is 10.8. The van der Waals surface area contributed by atoms with E-state index in [-0.39, 0.29) is 12.1 Å². The fourth-order valence-electron chi connectivity index (χ4n) is 2.54. The predicted molar refractivity (Wildman–Crippen MR) is 64.7 cm³/mol. The molecule has 2 rings (SSSR count). The molecule has 0 saturated carbocycles. The molecule has 0 amide bonds. The molecule has 0 aromatic carbocycles. The van der Waals surface area contributed by atoms with Crippen molar-refractivity contribution in [3.05, 3.63) is 0 Å². The largest absolute Gasteiger partial charge is 0.459 e. The lowest BCUT2D eigenvalue weighted by Crippen LogP contribution is -2.44. The van der Waals surface area contributed by atoms with Gasteiger partial charge < -0.3 is 14.8 Å². The molecule has 0 aromatic rings. The Hall–Kier alpha value is -0.610.